The number of benzene rings is 2. The Morgan fingerprint density at radius 3 is 2.76 bits per heavy atom. The summed E-state index contributed by atoms with van der Waals surface area (Å²) in [5.74, 6) is -0.376. The topological polar surface area (TPSA) is 59.1 Å². The van der Waals surface area contributed by atoms with Crippen LogP contribution in [0.25, 0.3) is 10.2 Å². The first-order valence-electron chi connectivity index (χ1n) is 6.10. The number of thiazole rings is 1. The quantitative estimate of drug-likeness (QED) is 0.802. The standard InChI is InChI=1S/C14H11FN2O2S2/c1-9-3-2-4-11(7-9)21(18,19)17-14-16-12-6-5-10(15)8-13(12)20-14/h2-8H,1H3,(H,16,17). The molecule has 0 saturated carbocycles. The van der Waals surface area contributed by atoms with Gasteiger partial charge in [0, 0.05) is 0 Å². The Bertz CT molecular complexity index is 920. The maximum absolute atomic E-state index is 13.1. The van der Waals surface area contributed by atoms with Crippen molar-refractivity contribution < 1.29 is 12.8 Å². The third kappa shape index (κ3) is 2.88. The summed E-state index contributed by atoms with van der Waals surface area (Å²) in [5, 5.41) is 0.220. The van der Waals surface area contributed by atoms with E-state index in [-0.39, 0.29) is 15.8 Å². The Kier molecular flexibility index (Phi) is 3.38. The Hall–Kier alpha value is -1.99. The Balaban J connectivity index is 1.97. The van der Waals surface area contributed by atoms with Gasteiger partial charge in [-0.1, -0.05) is 23.5 Å². The molecule has 0 unspecified atom stereocenters. The molecule has 1 N–H and O–H groups in total. The fourth-order valence-electron chi connectivity index (χ4n) is 1.90. The molecule has 0 aliphatic carbocycles. The molecule has 2 aromatic carbocycles. The number of nitrogens with one attached hydrogen (secondary N) is 1. The zero-order chi connectivity index (χ0) is 15.0. The lowest BCUT2D eigenvalue weighted by Gasteiger charge is -2.05. The minimum Gasteiger partial charge on any atom is -0.255 e. The van der Waals surface area contributed by atoms with Gasteiger partial charge in [0.25, 0.3) is 10.0 Å². The van der Waals surface area contributed by atoms with Crippen molar-refractivity contribution in [2.75, 3.05) is 4.72 Å². The van der Waals surface area contributed by atoms with E-state index in [9.17, 15) is 12.8 Å². The maximum atomic E-state index is 13.1. The van der Waals surface area contributed by atoms with Gasteiger partial charge in [0.15, 0.2) is 5.13 Å². The lowest BCUT2D eigenvalue weighted by molar-refractivity contribution is 0.601. The lowest BCUT2D eigenvalue weighted by Crippen LogP contribution is -2.12. The molecule has 0 saturated heterocycles. The van der Waals surface area contributed by atoms with Crippen LogP contribution in [0.3, 0.4) is 0 Å². The Morgan fingerprint density at radius 2 is 2.00 bits per heavy atom. The molecule has 1 aromatic heterocycles. The summed E-state index contributed by atoms with van der Waals surface area (Å²) >= 11 is 1.10. The molecule has 3 rings (SSSR count). The lowest BCUT2D eigenvalue weighted by atomic mass is 10.2. The van der Waals surface area contributed by atoms with Crippen LogP contribution in [0, 0.1) is 12.7 Å². The van der Waals surface area contributed by atoms with Gasteiger partial charge in [0.2, 0.25) is 0 Å². The van der Waals surface area contributed by atoms with Crippen molar-refractivity contribution in [3.8, 4) is 0 Å². The third-order valence-corrected chi connectivity index (χ3v) is 5.27. The molecule has 0 aliphatic heterocycles. The summed E-state index contributed by atoms with van der Waals surface area (Å²) in [4.78, 5) is 4.32. The molecule has 1 heterocycles. The minimum absolute atomic E-state index is 0.174. The molecular formula is C14H11FN2O2S2. The van der Waals surface area contributed by atoms with E-state index in [1.54, 1.807) is 12.1 Å². The van der Waals surface area contributed by atoms with Crippen LogP contribution in [-0.2, 0) is 10.0 Å². The molecule has 7 heteroatoms. The van der Waals surface area contributed by atoms with E-state index >= 15 is 0 Å². The van der Waals surface area contributed by atoms with Crippen molar-refractivity contribution in [3.63, 3.8) is 0 Å². The highest BCUT2D eigenvalue weighted by molar-refractivity contribution is 7.93. The third-order valence-electron chi connectivity index (χ3n) is 2.87. The van der Waals surface area contributed by atoms with Crippen LogP contribution < -0.4 is 4.72 Å². The first-order valence-corrected chi connectivity index (χ1v) is 8.40. The number of aryl methyl sites for hydroxylation is 1. The van der Waals surface area contributed by atoms with Crippen molar-refractivity contribution in [3.05, 3.63) is 53.8 Å². The molecule has 108 valence electrons. The summed E-state index contributed by atoms with van der Waals surface area (Å²) < 4.78 is 40.7. The SMILES string of the molecule is Cc1cccc(S(=O)(=O)Nc2nc3ccc(F)cc3s2)c1. The molecule has 0 radical (unpaired) electrons. The molecular weight excluding hydrogens is 311 g/mol. The predicted molar refractivity (Wildman–Crippen MR) is 81.6 cm³/mol. The van der Waals surface area contributed by atoms with Crippen molar-refractivity contribution >= 4 is 36.7 Å². The second-order valence-electron chi connectivity index (χ2n) is 4.55. The summed E-state index contributed by atoms with van der Waals surface area (Å²) in [6.07, 6.45) is 0. The van der Waals surface area contributed by atoms with Crippen LogP contribution in [0.2, 0.25) is 0 Å². The van der Waals surface area contributed by atoms with Crippen molar-refractivity contribution in [1.29, 1.82) is 0 Å². The first-order chi connectivity index (χ1) is 9.94. The van der Waals surface area contributed by atoms with Gasteiger partial charge in [-0.3, -0.25) is 4.72 Å². The highest BCUT2D eigenvalue weighted by Crippen LogP contribution is 2.28. The second kappa shape index (κ2) is 5.09. The minimum atomic E-state index is -3.69. The number of anilines is 1. The molecule has 0 atom stereocenters. The smallest absolute Gasteiger partial charge is 0.255 e. The average molecular weight is 322 g/mol. The molecule has 0 spiro atoms. The number of hydrogen-bond acceptors (Lipinski definition) is 4. The second-order valence-corrected chi connectivity index (χ2v) is 7.27. The number of aromatic nitrogens is 1. The average Bonchev–Trinajstić information content (AvgIpc) is 2.79. The summed E-state index contributed by atoms with van der Waals surface area (Å²) in [5.41, 5.74) is 1.41. The zero-order valence-electron chi connectivity index (χ0n) is 11.0. The van der Waals surface area contributed by atoms with Crippen LogP contribution >= 0.6 is 11.3 Å². The van der Waals surface area contributed by atoms with Gasteiger partial charge in [-0.2, -0.15) is 0 Å². The van der Waals surface area contributed by atoms with E-state index in [1.807, 2.05) is 13.0 Å². The molecule has 4 nitrogen and oxygen atoms in total. The van der Waals surface area contributed by atoms with Gasteiger partial charge in [0.1, 0.15) is 5.82 Å². The van der Waals surface area contributed by atoms with E-state index < -0.39 is 10.0 Å². The van der Waals surface area contributed by atoms with Crippen molar-refractivity contribution in [2.24, 2.45) is 0 Å². The van der Waals surface area contributed by atoms with Gasteiger partial charge >= 0.3 is 0 Å². The highest BCUT2D eigenvalue weighted by Gasteiger charge is 2.16. The normalized spacial score (nSPS) is 11.7. The molecule has 0 aliphatic rings. The van der Waals surface area contributed by atoms with Crippen molar-refractivity contribution in [1.82, 2.24) is 4.98 Å². The summed E-state index contributed by atoms with van der Waals surface area (Å²) in [7, 11) is -3.69. The van der Waals surface area contributed by atoms with Crippen LogP contribution in [0.4, 0.5) is 9.52 Å². The maximum Gasteiger partial charge on any atom is 0.263 e. The van der Waals surface area contributed by atoms with E-state index in [2.05, 4.69) is 9.71 Å². The molecule has 21 heavy (non-hydrogen) atoms. The van der Waals surface area contributed by atoms with Crippen LogP contribution in [-0.4, -0.2) is 13.4 Å². The summed E-state index contributed by atoms with van der Waals surface area (Å²) in [6, 6.07) is 10.7. The number of hydrogen-bond donors (Lipinski definition) is 1. The van der Waals surface area contributed by atoms with E-state index in [0.29, 0.717) is 10.2 Å². The van der Waals surface area contributed by atoms with E-state index in [0.717, 1.165) is 16.9 Å². The number of rotatable bonds is 3. The van der Waals surface area contributed by atoms with Crippen LogP contribution in [0.15, 0.2) is 47.4 Å². The van der Waals surface area contributed by atoms with Crippen LogP contribution in [0.1, 0.15) is 5.56 Å². The van der Waals surface area contributed by atoms with E-state index in [4.69, 9.17) is 0 Å². The zero-order valence-corrected chi connectivity index (χ0v) is 12.6. The molecule has 0 amide bonds. The van der Waals surface area contributed by atoms with E-state index in [1.165, 1.54) is 24.3 Å². The Morgan fingerprint density at radius 1 is 1.19 bits per heavy atom. The Labute approximate surface area is 125 Å². The van der Waals surface area contributed by atoms with Crippen LogP contribution in [0.5, 0.6) is 0 Å². The fraction of sp³-hybridized carbons (Fsp3) is 0.0714. The molecule has 0 fully saturated rings. The number of nitrogens with zero attached hydrogens (tertiary/aromatic N) is 1. The number of sulfonamides is 1. The van der Waals surface area contributed by atoms with Gasteiger partial charge in [-0.25, -0.2) is 17.8 Å². The largest absolute Gasteiger partial charge is 0.263 e. The van der Waals surface area contributed by atoms with Gasteiger partial charge in [0.05, 0.1) is 15.1 Å². The van der Waals surface area contributed by atoms with Gasteiger partial charge in [-0.15, -0.1) is 0 Å². The number of halogens is 1. The van der Waals surface area contributed by atoms with Gasteiger partial charge in [-0.05, 0) is 42.8 Å². The first kappa shape index (κ1) is 14.0. The highest BCUT2D eigenvalue weighted by atomic mass is 32.2. The van der Waals surface area contributed by atoms with Crippen molar-refractivity contribution in [2.45, 2.75) is 11.8 Å². The fourth-order valence-corrected chi connectivity index (χ4v) is 4.13. The molecule has 3 aromatic rings. The molecule has 0 bridgehead atoms. The van der Waals surface area contributed by atoms with Gasteiger partial charge < -0.3 is 0 Å². The number of fused-ring (bicyclic) bond motifs is 1. The predicted octanol–water partition coefficient (Wildman–Crippen LogP) is 3.54. The summed E-state index contributed by atoms with van der Waals surface area (Å²) in [6.45, 7) is 1.82. The monoisotopic (exact) mass is 322 g/mol.